The second kappa shape index (κ2) is 9.45. The van der Waals surface area contributed by atoms with E-state index in [-0.39, 0.29) is 18.3 Å². The number of aliphatic carboxylic acids is 2. The van der Waals surface area contributed by atoms with Crippen molar-refractivity contribution in [1.82, 2.24) is 0 Å². The molecule has 0 fully saturated rings. The van der Waals surface area contributed by atoms with Crippen LogP contribution in [0.15, 0.2) is 18.2 Å². The summed E-state index contributed by atoms with van der Waals surface area (Å²) < 4.78 is 0. The van der Waals surface area contributed by atoms with E-state index in [1.807, 2.05) is 0 Å². The van der Waals surface area contributed by atoms with Gasteiger partial charge in [0.1, 0.15) is 0 Å². The molecule has 0 bridgehead atoms. The highest BCUT2D eigenvalue weighted by atomic mass is 16.4. The summed E-state index contributed by atoms with van der Waals surface area (Å²) in [6.07, 6.45) is 5.29. The van der Waals surface area contributed by atoms with Gasteiger partial charge in [0.05, 0.1) is 0 Å². The van der Waals surface area contributed by atoms with Gasteiger partial charge in [-0.1, -0.05) is 39.0 Å². The average molecular weight is 334 g/mol. The van der Waals surface area contributed by atoms with Crippen LogP contribution in [0.4, 0.5) is 0 Å². The standard InChI is InChI=1S/C20H30O4/c1-20(2,3)17-12-8-10-15(9-4-6-13-18(21)22)16(17)11-5-7-14-19(23)24/h8,10,12H,4-7,9,11,13-14H2,1-3H3,(H,21,22)(H,23,24). The molecule has 4 nitrogen and oxygen atoms in total. The van der Waals surface area contributed by atoms with Crippen LogP contribution >= 0.6 is 0 Å². The van der Waals surface area contributed by atoms with Crippen molar-refractivity contribution in [2.24, 2.45) is 0 Å². The molecule has 134 valence electrons. The van der Waals surface area contributed by atoms with Crippen LogP contribution in [0.2, 0.25) is 0 Å². The number of hydrogen-bond donors (Lipinski definition) is 2. The fraction of sp³-hybridized carbons (Fsp3) is 0.600. The second-order valence-corrected chi connectivity index (χ2v) is 7.39. The quantitative estimate of drug-likeness (QED) is 0.614. The lowest BCUT2D eigenvalue weighted by Gasteiger charge is -2.25. The van der Waals surface area contributed by atoms with Gasteiger partial charge in [-0.25, -0.2) is 0 Å². The van der Waals surface area contributed by atoms with E-state index in [0.717, 1.165) is 25.7 Å². The predicted octanol–water partition coefficient (Wildman–Crippen LogP) is 4.58. The summed E-state index contributed by atoms with van der Waals surface area (Å²) in [6, 6.07) is 6.36. The summed E-state index contributed by atoms with van der Waals surface area (Å²) in [5.74, 6) is -1.49. The molecule has 24 heavy (non-hydrogen) atoms. The lowest BCUT2D eigenvalue weighted by atomic mass is 9.80. The van der Waals surface area contributed by atoms with Gasteiger partial charge in [0.2, 0.25) is 0 Å². The highest BCUT2D eigenvalue weighted by Gasteiger charge is 2.19. The van der Waals surface area contributed by atoms with Gasteiger partial charge in [0, 0.05) is 12.8 Å². The van der Waals surface area contributed by atoms with Gasteiger partial charge < -0.3 is 10.2 Å². The van der Waals surface area contributed by atoms with Gasteiger partial charge >= 0.3 is 11.9 Å². The number of rotatable bonds is 10. The van der Waals surface area contributed by atoms with E-state index in [4.69, 9.17) is 10.2 Å². The smallest absolute Gasteiger partial charge is 0.303 e. The monoisotopic (exact) mass is 334 g/mol. The molecule has 0 heterocycles. The maximum absolute atomic E-state index is 10.7. The Labute approximate surface area is 144 Å². The molecule has 0 amide bonds. The molecule has 1 rings (SSSR count). The predicted molar refractivity (Wildman–Crippen MR) is 95.5 cm³/mol. The van der Waals surface area contributed by atoms with Crippen molar-refractivity contribution >= 4 is 11.9 Å². The second-order valence-electron chi connectivity index (χ2n) is 7.39. The maximum Gasteiger partial charge on any atom is 0.303 e. The summed E-state index contributed by atoms with van der Waals surface area (Å²) in [7, 11) is 0. The Hall–Kier alpha value is -1.84. The van der Waals surface area contributed by atoms with E-state index >= 15 is 0 Å². The normalized spacial score (nSPS) is 11.5. The third kappa shape index (κ3) is 7.16. The van der Waals surface area contributed by atoms with E-state index in [1.165, 1.54) is 16.7 Å². The molecular formula is C20H30O4. The lowest BCUT2D eigenvalue weighted by molar-refractivity contribution is -0.138. The molecule has 4 heteroatoms. The summed E-state index contributed by atoms with van der Waals surface area (Å²) in [5.41, 5.74) is 3.96. The third-order valence-corrected chi connectivity index (χ3v) is 4.24. The number of carboxylic acids is 2. The minimum absolute atomic E-state index is 0.0409. The van der Waals surface area contributed by atoms with Crippen molar-refractivity contribution in [3.05, 3.63) is 34.9 Å². The van der Waals surface area contributed by atoms with Crippen LogP contribution in [0.3, 0.4) is 0 Å². The zero-order valence-corrected chi connectivity index (χ0v) is 15.1. The number of carboxylic acid groups (broad SMARTS) is 2. The fourth-order valence-electron chi connectivity index (χ4n) is 3.04. The molecule has 0 aliphatic rings. The largest absolute Gasteiger partial charge is 0.481 e. The van der Waals surface area contributed by atoms with Crippen LogP contribution in [0.1, 0.15) is 76.0 Å². The molecule has 0 saturated heterocycles. The zero-order chi connectivity index (χ0) is 18.2. The Kier molecular flexibility index (Phi) is 7.96. The summed E-state index contributed by atoms with van der Waals surface area (Å²) >= 11 is 0. The highest BCUT2D eigenvalue weighted by molar-refractivity contribution is 5.66. The first-order chi connectivity index (χ1) is 11.2. The molecule has 0 aliphatic heterocycles. The maximum atomic E-state index is 10.7. The fourth-order valence-corrected chi connectivity index (χ4v) is 3.04. The van der Waals surface area contributed by atoms with E-state index in [1.54, 1.807) is 0 Å². The van der Waals surface area contributed by atoms with Crippen molar-refractivity contribution in [3.8, 4) is 0 Å². The lowest BCUT2D eigenvalue weighted by Crippen LogP contribution is -2.16. The molecule has 2 N–H and O–H groups in total. The van der Waals surface area contributed by atoms with Crippen molar-refractivity contribution in [1.29, 1.82) is 0 Å². The number of carbonyl (C=O) groups is 2. The topological polar surface area (TPSA) is 74.6 Å². The number of unbranched alkanes of at least 4 members (excludes halogenated alkanes) is 2. The van der Waals surface area contributed by atoms with E-state index in [0.29, 0.717) is 12.8 Å². The molecular weight excluding hydrogens is 304 g/mol. The van der Waals surface area contributed by atoms with Gasteiger partial charge in [0.25, 0.3) is 0 Å². The summed E-state index contributed by atoms with van der Waals surface area (Å²) in [4.78, 5) is 21.3. The first-order valence-corrected chi connectivity index (χ1v) is 8.76. The van der Waals surface area contributed by atoms with E-state index in [9.17, 15) is 9.59 Å². The highest BCUT2D eigenvalue weighted by Crippen LogP contribution is 2.30. The van der Waals surface area contributed by atoms with Gasteiger partial charge in [-0.2, -0.15) is 0 Å². The summed E-state index contributed by atoms with van der Waals surface area (Å²) in [5, 5.41) is 17.5. The average Bonchev–Trinajstić information content (AvgIpc) is 2.47. The number of aryl methyl sites for hydroxylation is 1. The van der Waals surface area contributed by atoms with Crippen molar-refractivity contribution in [2.75, 3.05) is 0 Å². The van der Waals surface area contributed by atoms with Crippen LogP contribution in [-0.2, 0) is 27.8 Å². The van der Waals surface area contributed by atoms with Crippen LogP contribution in [0.5, 0.6) is 0 Å². The van der Waals surface area contributed by atoms with Crippen LogP contribution < -0.4 is 0 Å². The molecule has 1 aromatic carbocycles. The van der Waals surface area contributed by atoms with Crippen molar-refractivity contribution < 1.29 is 19.8 Å². The van der Waals surface area contributed by atoms with Gasteiger partial charge in [0.15, 0.2) is 0 Å². The third-order valence-electron chi connectivity index (χ3n) is 4.24. The number of hydrogen-bond acceptors (Lipinski definition) is 2. The van der Waals surface area contributed by atoms with Crippen molar-refractivity contribution in [3.63, 3.8) is 0 Å². The summed E-state index contributed by atoms with van der Waals surface area (Å²) in [6.45, 7) is 6.58. The zero-order valence-electron chi connectivity index (χ0n) is 15.1. The van der Waals surface area contributed by atoms with E-state index < -0.39 is 11.9 Å². The van der Waals surface area contributed by atoms with Gasteiger partial charge in [-0.3, -0.25) is 9.59 Å². The van der Waals surface area contributed by atoms with Crippen LogP contribution in [0.25, 0.3) is 0 Å². The van der Waals surface area contributed by atoms with Gasteiger partial charge in [-0.15, -0.1) is 0 Å². The Balaban J connectivity index is 2.83. The van der Waals surface area contributed by atoms with Crippen LogP contribution in [0, 0.1) is 0 Å². The van der Waals surface area contributed by atoms with Crippen molar-refractivity contribution in [2.45, 2.75) is 77.6 Å². The molecule has 0 saturated carbocycles. The molecule has 1 aromatic rings. The van der Waals surface area contributed by atoms with Crippen LogP contribution in [-0.4, -0.2) is 22.2 Å². The first kappa shape index (κ1) is 20.2. The SMILES string of the molecule is CC(C)(C)c1cccc(CCCCC(=O)O)c1CCCCC(=O)O. The van der Waals surface area contributed by atoms with Gasteiger partial charge in [-0.05, 0) is 60.6 Å². The molecule has 0 radical (unpaired) electrons. The number of benzene rings is 1. The molecule has 0 unspecified atom stereocenters. The Morgan fingerprint density at radius 1 is 0.875 bits per heavy atom. The minimum atomic E-state index is -0.743. The minimum Gasteiger partial charge on any atom is -0.481 e. The Morgan fingerprint density at radius 2 is 1.42 bits per heavy atom. The Morgan fingerprint density at radius 3 is 1.92 bits per heavy atom. The molecule has 0 aromatic heterocycles. The van der Waals surface area contributed by atoms with E-state index in [2.05, 4.69) is 39.0 Å². The molecule has 0 spiro atoms. The molecule has 0 aliphatic carbocycles. The first-order valence-electron chi connectivity index (χ1n) is 8.76. The Bertz CT molecular complexity index is 555. The molecule has 0 atom stereocenters.